The second-order valence-electron chi connectivity index (χ2n) is 13.4. The molecule has 2 heterocycles. The predicted molar refractivity (Wildman–Crippen MR) is 229 cm³/mol. The van der Waals surface area contributed by atoms with E-state index < -0.39 is 0 Å². The quantitative estimate of drug-likeness (QED) is 0.177. The van der Waals surface area contributed by atoms with Gasteiger partial charge in [0, 0.05) is 42.1 Å². The Morgan fingerprint density at radius 2 is 0.849 bits per heavy atom. The largest absolute Gasteiger partial charge is 0.368 e. The molecule has 0 spiro atoms. The van der Waals surface area contributed by atoms with Gasteiger partial charge >= 0.3 is 0 Å². The van der Waals surface area contributed by atoms with Gasteiger partial charge in [-0.05, 0) is 87.5 Å². The van der Waals surface area contributed by atoms with Crippen molar-refractivity contribution in [3.05, 3.63) is 200 Å². The zero-order chi connectivity index (χ0) is 35.1. The molecule has 252 valence electrons. The average Bonchev–Trinajstić information content (AvgIpc) is 3.82. The van der Waals surface area contributed by atoms with E-state index in [1.54, 1.807) is 0 Å². The van der Waals surface area contributed by atoms with Crippen molar-refractivity contribution in [2.75, 3.05) is 10.2 Å². The van der Waals surface area contributed by atoms with E-state index >= 15 is 0 Å². The number of hydrogen-bond donors (Lipinski definition) is 1. The number of thiophene rings is 1. The van der Waals surface area contributed by atoms with Crippen LogP contribution in [0.25, 0.3) is 53.6 Å². The summed E-state index contributed by atoms with van der Waals surface area (Å²) in [5, 5.41) is 6.62. The van der Waals surface area contributed by atoms with Crippen LogP contribution in [0.2, 0.25) is 0 Å². The van der Waals surface area contributed by atoms with Crippen LogP contribution in [0.3, 0.4) is 0 Å². The molecule has 1 aliphatic heterocycles. The summed E-state index contributed by atoms with van der Waals surface area (Å²) in [7, 11) is 0. The van der Waals surface area contributed by atoms with Crippen molar-refractivity contribution in [3.8, 4) is 33.4 Å². The lowest BCUT2D eigenvalue weighted by atomic mass is 10.00. The fraction of sp³-hybridized carbons (Fsp3) is 0.0204. The summed E-state index contributed by atoms with van der Waals surface area (Å²) in [6, 6.07) is 70.3. The summed E-state index contributed by atoms with van der Waals surface area (Å²) in [5.41, 5.74) is 13.2. The van der Waals surface area contributed by atoms with Crippen LogP contribution in [0.5, 0.6) is 0 Å². The standard InChI is InChI=1S/C49H34N2S2/c1-4-10-33(11-5-1)35-16-18-36(19-17-35)38-22-26-41(27-23-38)51(40-24-20-37(21-25-40)34-12-6-2-7-13-34)42-28-29-43-44-31-48-45(32-47(44)52-46(43)30-42)50-49(53-48)39-14-8-3-9-15-39/h1-32,49-50H. The summed E-state index contributed by atoms with van der Waals surface area (Å²) in [4.78, 5) is 3.69. The number of benzene rings is 8. The average molecular weight is 715 g/mol. The van der Waals surface area contributed by atoms with E-state index in [0.717, 1.165) is 17.1 Å². The summed E-state index contributed by atoms with van der Waals surface area (Å²) in [5.74, 6) is 0. The number of rotatable bonds is 7. The number of nitrogens with zero attached hydrogens (tertiary/aromatic N) is 1. The number of hydrogen-bond acceptors (Lipinski definition) is 4. The zero-order valence-electron chi connectivity index (χ0n) is 28.8. The Morgan fingerprint density at radius 3 is 1.40 bits per heavy atom. The monoisotopic (exact) mass is 714 g/mol. The van der Waals surface area contributed by atoms with Crippen LogP contribution in [0.15, 0.2) is 199 Å². The molecule has 1 atom stereocenters. The molecule has 0 bridgehead atoms. The van der Waals surface area contributed by atoms with Crippen molar-refractivity contribution in [1.82, 2.24) is 0 Å². The van der Waals surface area contributed by atoms with Crippen molar-refractivity contribution in [2.45, 2.75) is 10.3 Å². The van der Waals surface area contributed by atoms with Crippen LogP contribution in [0, 0.1) is 0 Å². The molecule has 4 heteroatoms. The Bertz CT molecular complexity index is 2690. The molecule has 0 fully saturated rings. The first-order valence-corrected chi connectivity index (χ1v) is 19.6. The molecule has 1 aromatic heterocycles. The number of anilines is 4. The number of fused-ring (bicyclic) bond motifs is 4. The van der Waals surface area contributed by atoms with Gasteiger partial charge in [0.2, 0.25) is 0 Å². The van der Waals surface area contributed by atoms with Gasteiger partial charge in [-0.3, -0.25) is 0 Å². The molecule has 2 nitrogen and oxygen atoms in total. The lowest BCUT2D eigenvalue weighted by Crippen LogP contribution is -2.09. The highest BCUT2D eigenvalue weighted by molar-refractivity contribution is 8.00. The summed E-state index contributed by atoms with van der Waals surface area (Å²) in [6.07, 6.45) is 0. The highest BCUT2D eigenvalue weighted by Gasteiger charge is 2.24. The molecular formula is C49H34N2S2. The molecule has 0 aliphatic carbocycles. The SMILES string of the molecule is c1ccc(-c2ccc(-c3ccc(N(c4ccc(-c5ccccc5)cc4)c4ccc5c(c4)sc4cc6c(cc45)SC(c4ccccc4)N6)cc3)cc2)cc1. The molecule has 53 heavy (non-hydrogen) atoms. The molecule has 0 amide bonds. The Morgan fingerprint density at radius 1 is 0.396 bits per heavy atom. The van der Waals surface area contributed by atoms with Gasteiger partial charge in [0.15, 0.2) is 0 Å². The molecular weight excluding hydrogens is 681 g/mol. The Hall–Kier alpha value is -6.07. The highest BCUT2D eigenvalue weighted by atomic mass is 32.2. The van der Waals surface area contributed by atoms with Crippen LogP contribution in [0.1, 0.15) is 10.9 Å². The van der Waals surface area contributed by atoms with E-state index in [9.17, 15) is 0 Å². The zero-order valence-corrected chi connectivity index (χ0v) is 30.4. The predicted octanol–water partition coefficient (Wildman–Crippen LogP) is 14.7. The Kier molecular flexibility index (Phi) is 8.05. The maximum atomic E-state index is 3.76. The van der Waals surface area contributed by atoms with Crippen molar-refractivity contribution in [2.24, 2.45) is 0 Å². The van der Waals surface area contributed by atoms with E-state index in [4.69, 9.17) is 0 Å². The normalized spacial score (nSPS) is 13.5. The van der Waals surface area contributed by atoms with Crippen molar-refractivity contribution in [3.63, 3.8) is 0 Å². The fourth-order valence-electron chi connectivity index (χ4n) is 7.39. The summed E-state index contributed by atoms with van der Waals surface area (Å²) in [6.45, 7) is 0. The first-order valence-electron chi connectivity index (χ1n) is 17.9. The molecule has 0 saturated carbocycles. The van der Waals surface area contributed by atoms with E-state index in [2.05, 4.69) is 204 Å². The lowest BCUT2D eigenvalue weighted by Gasteiger charge is -2.26. The molecule has 9 aromatic rings. The molecule has 1 N–H and O–H groups in total. The van der Waals surface area contributed by atoms with Crippen molar-refractivity contribution >= 4 is 66.0 Å². The van der Waals surface area contributed by atoms with E-state index in [0.29, 0.717) is 0 Å². The number of nitrogens with one attached hydrogen (secondary N) is 1. The third-order valence-electron chi connectivity index (χ3n) is 10.1. The fourth-order valence-corrected chi connectivity index (χ4v) is 9.71. The van der Waals surface area contributed by atoms with E-state index in [1.165, 1.54) is 69.7 Å². The van der Waals surface area contributed by atoms with Gasteiger partial charge in [0.25, 0.3) is 0 Å². The third kappa shape index (κ3) is 6.06. The second-order valence-corrected chi connectivity index (χ2v) is 15.6. The molecule has 0 saturated heterocycles. The number of thioether (sulfide) groups is 1. The van der Waals surface area contributed by atoms with E-state index in [-0.39, 0.29) is 5.37 Å². The maximum Gasteiger partial charge on any atom is 0.103 e. The van der Waals surface area contributed by atoms with Gasteiger partial charge in [0.05, 0.1) is 5.69 Å². The van der Waals surface area contributed by atoms with Gasteiger partial charge in [-0.25, -0.2) is 0 Å². The van der Waals surface area contributed by atoms with Gasteiger partial charge in [-0.1, -0.05) is 157 Å². The van der Waals surface area contributed by atoms with Crippen molar-refractivity contribution < 1.29 is 0 Å². The maximum absolute atomic E-state index is 3.76. The summed E-state index contributed by atoms with van der Waals surface area (Å²) < 4.78 is 2.59. The highest BCUT2D eigenvalue weighted by Crippen LogP contribution is 2.50. The minimum atomic E-state index is 0.238. The smallest absolute Gasteiger partial charge is 0.103 e. The van der Waals surface area contributed by atoms with Crippen LogP contribution >= 0.6 is 23.1 Å². The van der Waals surface area contributed by atoms with Gasteiger partial charge in [-0.2, -0.15) is 0 Å². The topological polar surface area (TPSA) is 15.3 Å². The molecule has 1 unspecified atom stereocenters. The van der Waals surface area contributed by atoms with Gasteiger partial charge in [0.1, 0.15) is 5.37 Å². The molecule has 0 radical (unpaired) electrons. The molecule has 10 rings (SSSR count). The van der Waals surface area contributed by atoms with E-state index in [1.807, 2.05) is 23.1 Å². The summed E-state index contributed by atoms with van der Waals surface area (Å²) >= 11 is 3.77. The van der Waals surface area contributed by atoms with Crippen LogP contribution in [-0.2, 0) is 0 Å². The minimum absolute atomic E-state index is 0.238. The van der Waals surface area contributed by atoms with Crippen LogP contribution in [-0.4, -0.2) is 0 Å². The third-order valence-corrected chi connectivity index (χ3v) is 12.5. The molecule has 8 aromatic carbocycles. The first kappa shape index (κ1) is 31.6. The van der Waals surface area contributed by atoms with Crippen molar-refractivity contribution in [1.29, 1.82) is 0 Å². The Balaban J connectivity index is 1.01. The Labute approximate surface area is 318 Å². The van der Waals surface area contributed by atoms with Crippen LogP contribution in [0.4, 0.5) is 22.7 Å². The van der Waals surface area contributed by atoms with Crippen LogP contribution < -0.4 is 10.2 Å². The van der Waals surface area contributed by atoms with Gasteiger partial charge < -0.3 is 10.2 Å². The minimum Gasteiger partial charge on any atom is -0.368 e. The first-order chi connectivity index (χ1) is 26.2. The molecule has 1 aliphatic rings. The second kappa shape index (κ2) is 13.5. The lowest BCUT2D eigenvalue weighted by molar-refractivity contribution is 1.14. The van der Waals surface area contributed by atoms with Gasteiger partial charge in [-0.15, -0.1) is 11.3 Å².